The quantitative estimate of drug-likeness (QED) is 0.842. The summed E-state index contributed by atoms with van der Waals surface area (Å²) in [4.78, 5) is 22.3. The van der Waals surface area contributed by atoms with E-state index in [0.717, 1.165) is 17.7 Å². The summed E-state index contributed by atoms with van der Waals surface area (Å²) >= 11 is 1.50. The van der Waals surface area contributed by atoms with Crippen LogP contribution in [0.25, 0.3) is 11.4 Å². The standard InChI is InChI=1S/C12H13N3OS/c1-2-8-17-12-14-10(13-11(16)15-12)9-6-4-3-5-7-9/h3-7H,2,8H2,1H3,(H,13,14,15,16). The van der Waals surface area contributed by atoms with Crippen molar-refractivity contribution in [3.8, 4) is 11.4 Å². The average Bonchev–Trinajstić information content (AvgIpc) is 2.37. The number of aromatic amines is 1. The predicted octanol–water partition coefficient (Wildman–Crippen LogP) is 2.33. The Morgan fingerprint density at radius 3 is 2.71 bits per heavy atom. The van der Waals surface area contributed by atoms with Crippen LogP contribution in [0.15, 0.2) is 40.3 Å². The molecule has 0 aliphatic carbocycles. The molecule has 2 rings (SSSR count). The minimum Gasteiger partial charge on any atom is -0.290 e. The number of benzene rings is 1. The van der Waals surface area contributed by atoms with Crippen LogP contribution in [-0.4, -0.2) is 20.7 Å². The molecule has 0 saturated heterocycles. The summed E-state index contributed by atoms with van der Waals surface area (Å²) < 4.78 is 0. The van der Waals surface area contributed by atoms with Crippen LogP contribution >= 0.6 is 11.8 Å². The maximum absolute atomic E-state index is 11.4. The topological polar surface area (TPSA) is 58.6 Å². The zero-order valence-electron chi connectivity index (χ0n) is 9.51. The van der Waals surface area contributed by atoms with E-state index >= 15 is 0 Å². The predicted molar refractivity (Wildman–Crippen MR) is 69.1 cm³/mol. The smallest absolute Gasteiger partial charge is 0.290 e. The lowest BCUT2D eigenvalue weighted by Gasteiger charge is -2.02. The minimum absolute atomic E-state index is 0.350. The van der Waals surface area contributed by atoms with E-state index in [2.05, 4.69) is 21.9 Å². The maximum Gasteiger partial charge on any atom is 0.349 e. The summed E-state index contributed by atoms with van der Waals surface area (Å²) in [7, 11) is 0. The van der Waals surface area contributed by atoms with E-state index in [1.165, 1.54) is 11.8 Å². The van der Waals surface area contributed by atoms with Gasteiger partial charge < -0.3 is 0 Å². The van der Waals surface area contributed by atoms with Crippen molar-refractivity contribution >= 4 is 11.8 Å². The first-order chi connectivity index (χ1) is 8.29. The van der Waals surface area contributed by atoms with Gasteiger partial charge in [-0.25, -0.2) is 9.78 Å². The first kappa shape index (κ1) is 11.9. The number of hydrogen-bond acceptors (Lipinski definition) is 4. The van der Waals surface area contributed by atoms with E-state index in [-0.39, 0.29) is 5.69 Å². The van der Waals surface area contributed by atoms with Gasteiger partial charge in [0, 0.05) is 11.3 Å². The highest BCUT2D eigenvalue weighted by molar-refractivity contribution is 7.99. The SMILES string of the molecule is CCCSc1nc(-c2ccccc2)[nH]c(=O)n1. The Morgan fingerprint density at radius 2 is 2.00 bits per heavy atom. The van der Waals surface area contributed by atoms with Crippen molar-refractivity contribution in [1.29, 1.82) is 0 Å². The molecule has 1 N–H and O–H groups in total. The van der Waals surface area contributed by atoms with Crippen LogP contribution in [0.3, 0.4) is 0 Å². The van der Waals surface area contributed by atoms with Crippen molar-refractivity contribution in [3.05, 3.63) is 40.8 Å². The third kappa shape index (κ3) is 3.17. The first-order valence-corrected chi connectivity index (χ1v) is 6.44. The van der Waals surface area contributed by atoms with Gasteiger partial charge >= 0.3 is 5.69 Å². The van der Waals surface area contributed by atoms with Crippen LogP contribution in [0.2, 0.25) is 0 Å². The third-order valence-electron chi connectivity index (χ3n) is 2.11. The fourth-order valence-corrected chi connectivity index (χ4v) is 2.05. The molecule has 0 fully saturated rings. The molecule has 17 heavy (non-hydrogen) atoms. The van der Waals surface area contributed by atoms with E-state index < -0.39 is 0 Å². The fraction of sp³-hybridized carbons (Fsp3) is 0.250. The minimum atomic E-state index is -0.350. The van der Waals surface area contributed by atoms with Crippen molar-refractivity contribution in [1.82, 2.24) is 15.0 Å². The molecule has 0 amide bonds. The third-order valence-corrected chi connectivity index (χ3v) is 3.17. The number of thioether (sulfide) groups is 1. The van der Waals surface area contributed by atoms with Gasteiger partial charge in [0.2, 0.25) is 0 Å². The summed E-state index contributed by atoms with van der Waals surface area (Å²) in [6.45, 7) is 2.08. The van der Waals surface area contributed by atoms with Gasteiger partial charge in [0.15, 0.2) is 5.16 Å². The van der Waals surface area contributed by atoms with Crippen LogP contribution in [0.1, 0.15) is 13.3 Å². The van der Waals surface area contributed by atoms with E-state index in [9.17, 15) is 4.79 Å². The van der Waals surface area contributed by atoms with Gasteiger partial charge in [-0.1, -0.05) is 49.0 Å². The van der Waals surface area contributed by atoms with Gasteiger partial charge in [0.05, 0.1) is 0 Å². The molecule has 88 valence electrons. The second-order valence-corrected chi connectivity index (χ2v) is 4.56. The molecule has 1 aromatic heterocycles. The van der Waals surface area contributed by atoms with Crippen molar-refractivity contribution < 1.29 is 0 Å². The average molecular weight is 247 g/mol. The largest absolute Gasteiger partial charge is 0.349 e. The molecular formula is C12H13N3OS. The van der Waals surface area contributed by atoms with E-state index in [0.29, 0.717) is 11.0 Å². The fourth-order valence-electron chi connectivity index (χ4n) is 1.36. The molecule has 0 spiro atoms. The number of rotatable bonds is 4. The molecule has 1 aromatic carbocycles. The monoisotopic (exact) mass is 247 g/mol. The van der Waals surface area contributed by atoms with Gasteiger partial charge in [-0.15, -0.1) is 0 Å². The Bertz CT molecular complexity index is 539. The highest BCUT2D eigenvalue weighted by Crippen LogP contribution is 2.16. The van der Waals surface area contributed by atoms with Gasteiger partial charge in [-0.2, -0.15) is 4.98 Å². The number of nitrogens with zero attached hydrogens (tertiary/aromatic N) is 2. The molecule has 0 radical (unpaired) electrons. The van der Waals surface area contributed by atoms with Crippen molar-refractivity contribution in [3.63, 3.8) is 0 Å². The molecular weight excluding hydrogens is 234 g/mol. The molecule has 4 nitrogen and oxygen atoms in total. The summed E-state index contributed by atoms with van der Waals surface area (Å²) in [6.07, 6.45) is 1.03. The second kappa shape index (κ2) is 5.63. The van der Waals surface area contributed by atoms with Crippen molar-refractivity contribution in [2.75, 3.05) is 5.75 Å². The van der Waals surface area contributed by atoms with Crippen molar-refractivity contribution in [2.45, 2.75) is 18.5 Å². The number of H-pyrrole nitrogens is 1. The van der Waals surface area contributed by atoms with Crippen LogP contribution in [-0.2, 0) is 0 Å². The first-order valence-electron chi connectivity index (χ1n) is 5.46. The Labute approximate surface area is 104 Å². The molecule has 1 heterocycles. The Hall–Kier alpha value is -1.62. The zero-order chi connectivity index (χ0) is 12.1. The molecule has 0 aliphatic rings. The Balaban J connectivity index is 2.35. The van der Waals surface area contributed by atoms with Crippen molar-refractivity contribution in [2.24, 2.45) is 0 Å². The number of hydrogen-bond donors (Lipinski definition) is 1. The second-order valence-electron chi connectivity index (χ2n) is 3.50. The maximum atomic E-state index is 11.4. The van der Waals surface area contributed by atoms with Gasteiger partial charge in [-0.05, 0) is 6.42 Å². The van der Waals surface area contributed by atoms with E-state index in [4.69, 9.17) is 0 Å². The highest BCUT2D eigenvalue weighted by atomic mass is 32.2. The summed E-state index contributed by atoms with van der Waals surface area (Å²) in [5, 5.41) is 0.537. The lowest BCUT2D eigenvalue weighted by molar-refractivity contribution is 0.868. The lowest BCUT2D eigenvalue weighted by atomic mass is 10.2. The zero-order valence-corrected chi connectivity index (χ0v) is 10.3. The number of nitrogens with one attached hydrogen (secondary N) is 1. The highest BCUT2D eigenvalue weighted by Gasteiger charge is 2.04. The van der Waals surface area contributed by atoms with E-state index in [1.807, 2.05) is 30.3 Å². The van der Waals surface area contributed by atoms with Crippen LogP contribution in [0.4, 0.5) is 0 Å². The molecule has 0 saturated carbocycles. The summed E-state index contributed by atoms with van der Waals surface area (Å²) in [5.41, 5.74) is 0.544. The van der Waals surface area contributed by atoms with Crippen LogP contribution in [0.5, 0.6) is 0 Å². The number of aromatic nitrogens is 3. The van der Waals surface area contributed by atoms with Crippen LogP contribution < -0.4 is 5.69 Å². The molecule has 0 bridgehead atoms. The molecule has 0 atom stereocenters. The summed E-state index contributed by atoms with van der Waals surface area (Å²) in [6, 6.07) is 9.57. The van der Waals surface area contributed by atoms with Gasteiger partial charge in [0.1, 0.15) is 5.82 Å². The Morgan fingerprint density at radius 1 is 1.24 bits per heavy atom. The van der Waals surface area contributed by atoms with Gasteiger partial charge in [0.25, 0.3) is 0 Å². The molecule has 0 aliphatic heterocycles. The molecule has 5 heteroatoms. The molecule has 0 unspecified atom stereocenters. The van der Waals surface area contributed by atoms with E-state index in [1.54, 1.807) is 0 Å². The lowest BCUT2D eigenvalue weighted by Crippen LogP contribution is -2.14. The molecule has 2 aromatic rings. The summed E-state index contributed by atoms with van der Waals surface area (Å²) in [5.74, 6) is 1.49. The van der Waals surface area contributed by atoms with Gasteiger partial charge in [-0.3, -0.25) is 4.98 Å². The van der Waals surface area contributed by atoms with Crippen LogP contribution in [0, 0.1) is 0 Å². The normalized spacial score (nSPS) is 10.4. The Kier molecular flexibility index (Phi) is 3.93.